The van der Waals surface area contributed by atoms with Gasteiger partial charge in [0.05, 0.1) is 6.61 Å². The molecule has 0 radical (unpaired) electrons. The third-order valence-electron chi connectivity index (χ3n) is 3.40. The highest BCUT2D eigenvalue weighted by Crippen LogP contribution is 2.18. The lowest BCUT2D eigenvalue weighted by Crippen LogP contribution is -2.27. The Morgan fingerprint density at radius 3 is 2.18 bits per heavy atom. The van der Waals surface area contributed by atoms with Crippen molar-refractivity contribution in [3.8, 4) is 0 Å². The molecule has 0 aliphatic rings. The third kappa shape index (κ3) is 4.56. The van der Waals surface area contributed by atoms with E-state index >= 15 is 0 Å². The number of primary amides is 1. The summed E-state index contributed by atoms with van der Waals surface area (Å²) in [7, 11) is 0. The normalized spacial score (nSPS) is 10.5. The van der Waals surface area contributed by atoms with Crippen LogP contribution < -0.4 is 10.6 Å². The fraction of sp³-hybridized carbons (Fsp3) is 0.235. The lowest BCUT2D eigenvalue weighted by Gasteiger charge is -2.24. The molecule has 0 heterocycles. The summed E-state index contributed by atoms with van der Waals surface area (Å²) >= 11 is 0. The van der Waals surface area contributed by atoms with Gasteiger partial charge in [-0.05, 0) is 35.4 Å². The zero-order valence-electron chi connectivity index (χ0n) is 12.2. The van der Waals surface area contributed by atoms with Gasteiger partial charge in [0, 0.05) is 25.2 Å². The van der Waals surface area contributed by atoms with Crippen LogP contribution in [0, 0.1) is 5.82 Å². The van der Waals surface area contributed by atoms with Crippen LogP contribution in [0.15, 0.2) is 48.5 Å². The van der Waals surface area contributed by atoms with Gasteiger partial charge >= 0.3 is 0 Å². The number of anilines is 1. The van der Waals surface area contributed by atoms with Crippen LogP contribution in [0.5, 0.6) is 0 Å². The highest BCUT2D eigenvalue weighted by Gasteiger charge is 2.09. The van der Waals surface area contributed by atoms with Crippen LogP contribution in [0.2, 0.25) is 0 Å². The number of nitrogens with zero attached hydrogens (tertiary/aromatic N) is 1. The van der Waals surface area contributed by atoms with Crippen molar-refractivity contribution in [3.63, 3.8) is 0 Å². The van der Waals surface area contributed by atoms with Gasteiger partial charge in [0.15, 0.2) is 0 Å². The lowest BCUT2D eigenvalue weighted by atomic mass is 10.1. The van der Waals surface area contributed by atoms with E-state index in [1.807, 2.05) is 29.2 Å². The van der Waals surface area contributed by atoms with Crippen molar-refractivity contribution in [2.45, 2.75) is 19.6 Å². The molecule has 5 heteroatoms. The molecule has 22 heavy (non-hydrogen) atoms. The van der Waals surface area contributed by atoms with Crippen molar-refractivity contribution in [3.05, 3.63) is 65.5 Å². The Balaban J connectivity index is 2.15. The molecule has 3 N–H and O–H groups in total. The minimum atomic E-state index is -0.372. The number of aliphatic hydroxyl groups is 1. The molecule has 2 aromatic rings. The molecule has 4 nitrogen and oxygen atoms in total. The maximum atomic E-state index is 13.1. The van der Waals surface area contributed by atoms with Gasteiger partial charge in [-0.15, -0.1) is 0 Å². The fourth-order valence-electron chi connectivity index (χ4n) is 2.17. The number of nitrogens with two attached hydrogens (primary N) is 1. The molecule has 2 rings (SSSR count). The Labute approximate surface area is 129 Å². The average molecular weight is 302 g/mol. The van der Waals surface area contributed by atoms with E-state index in [2.05, 4.69) is 0 Å². The predicted octanol–water partition coefficient (Wildman–Crippen LogP) is 2.20. The van der Waals surface area contributed by atoms with Crippen molar-refractivity contribution >= 4 is 11.6 Å². The zero-order chi connectivity index (χ0) is 15.9. The predicted molar refractivity (Wildman–Crippen MR) is 83.6 cm³/mol. The van der Waals surface area contributed by atoms with E-state index in [0.717, 1.165) is 16.8 Å². The summed E-state index contributed by atoms with van der Waals surface area (Å²) in [4.78, 5) is 13.0. The van der Waals surface area contributed by atoms with Gasteiger partial charge in [-0.2, -0.15) is 0 Å². The van der Waals surface area contributed by atoms with Crippen LogP contribution in [0.3, 0.4) is 0 Å². The van der Waals surface area contributed by atoms with E-state index in [0.29, 0.717) is 13.1 Å². The molecule has 0 bridgehead atoms. The van der Waals surface area contributed by atoms with Gasteiger partial charge in [-0.1, -0.05) is 24.3 Å². The summed E-state index contributed by atoms with van der Waals surface area (Å²) in [6, 6.07) is 13.7. The van der Waals surface area contributed by atoms with Gasteiger partial charge < -0.3 is 15.7 Å². The molecular weight excluding hydrogens is 283 g/mol. The number of carbonyl (C=O) groups is 1. The Morgan fingerprint density at radius 2 is 1.64 bits per heavy atom. The Bertz CT molecular complexity index is 612. The second kappa shape index (κ2) is 7.56. The molecule has 0 aliphatic carbocycles. The maximum Gasteiger partial charge on any atom is 0.219 e. The molecule has 0 fully saturated rings. The topological polar surface area (TPSA) is 66.6 Å². The second-order valence-corrected chi connectivity index (χ2v) is 5.09. The van der Waals surface area contributed by atoms with Gasteiger partial charge in [-0.25, -0.2) is 4.39 Å². The number of aliphatic hydroxyl groups excluding tert-OH is 1. The molecule has 0 saturated carbocycles. The first kappa shape index (κ1) is 16.0. The summed E-state index contributed by atoms with van der Waals surface area (Å²) in [5.41, 5.74) is 7.92. The first-order valence-corrected chi connectivity index (χ1v) is 7.06. The Morgan fingerprint density at radius 1 is 1.05 bits per heavy atom. The van der Waals surface area contributed by atoms with Gasteiger partial charge in [0.2, 0.25) is 5.91 Å². The smallest absolute Gasteiger partial charge is 0.219 e. The largest absolute Gasteiger partial charge is 0.392 e. The van der Waals surface area contributed by atoms with Gasteiger partial charge in [-0.3, -0.25) is 4.79 Å². The van der Waals surface area contributed by atoms with Crippen molar-refractivity contribution in [1.82, 2.24) is 0 Å². The molecule has 0 atom stereocenters. The monoisotopic (exact) mass is 302 g/mol. The maximum absolute atomic E-state index is 13.1. The summed E-state index contributed by atoms with van der Waals surface area (Å²) < 4.78 is 13.1. The molecule has 0 spiro atoms. The van der Waals surface area contributed by atoms with E-state index < -0.39 is 0 Å². The van der Waals surface area contributed by atoms with Crippen LogP contribution in [0.25, 0.3) is 0 Å². The second-order valence-electron chi connectivity index (χ2n) is 5.09. The molecule has 0 aromatic heterocycles. The number of hydrogen-bond acceptors (Lipinski definition) is 3. The molecule has 1 amide bonds. The van der Waals surface area contributed by atoms with Crippen molar-refractivity contribution < 1.29 is 14.3 Å². The lowest BCUT2D eigenvalue weighted by molar-refractivity contribution is -0.117. The highest BCUT2D eigenvalue weighted by atomic mass is 19.1. The van der Waals surface area contributed by atoms with Crippen LogP contribution >= 0.6 is 0 Å². The fourth-order valence-corrected chi connectivity index (χ4v) is 2.17. The van der Waals surface area contributed by atoms with Crippen molar-refractivity contribution in [2.24, 2.45) is 5.73 Å². The molecule has 116 valence electrons. The number of halogens is 1. The average Bonchev–Trinajstić information content (AvgIpc) is 2.53. The van der Waals surface area contributed by atoms with Crippen LogP contribution in [-0.2, 0) is 17.9 Å². The standard InChI is InChI=1S/C17H19FN2O2/c18-15-5-7-16(8-6-15)20(10-9-17(19)22)11-13-1-3-14(12-21)4-2-13/h1-8,21H,9-12H2,(H2,19,22). The van der Waals surface area contributed by atoms with E-state index in [-0.39, 0.29) is 24.8 Å². The summed E-state index contributed by atoms with van der Waals surface area (Å²) in [5.74, 6) is -0.673. The van der Waals surface area contributed by atoms with Crippen LogP contribution in [0.4, 0.5) is 10.1 Å². The summed E-state index contributed by atoms with van der Waals surface area (Å²) in [5, 5.41) is 9.06. The number of rotatable bonds is 7. The number of benzene rings is 2. The third-order valence-corrected chi connectivity index (χ3v) is 3.40. The van der Waals surface area contributed by atoms with E-state index in [1.165, 1.54) is 12.1 Å². The summed E-state index contributed by atoms with van der Waals surface area (Å²) in [6.45, 7) is 1.04. The van der Waals surface area contributed by atoms with Crippen molar-refractivity contribution in [2.75, 3.05) is 11.4 Å². The molecule has 0 saturated heterocycles. The minimum absolute atomic E-state index is 0.00360. The molecule has 2 aromatic carbocycles. The molecule has 0 unspecified atom stereocenters. The van der Waals surface area contributed by atoms with Gasteiger partial charge in [0.1, 0.15) is 5.82 Å². The van der Waals surface area contributed by atoms with E-state index in [1.54, 1.807) is 12.1 Å². The molecular formula is C17H19FN2O2. The first-order chi connectivity index (χ1) is 10.6. The van der Waals surface area contributed by atoms with Crippen LogP contribution in [0.1, 0.15) is 17.5 Å². The van der Waals surface area contributed by atoms with Crippen molar-refractivity contribution in [1.29, 1.82) is 0 Å². The minimum Gasteiger partial charge on any atom is -0.392 e. The number of amides is 1. The van der Waals surface area contributed by atoms with Crippen LogP contribution in [-0.4, -0.2) is 17.6 Å². The SMILES string of the molecule is NC(=O)CCN(Cc1ccc(CO)cc1)c1ccc(F)cc1. The highest BCUT2D eigenvalue weighted by molar-refractivity contribution is 5.74. The molecule has 0 aliphatic heterocycles. The zero-order valence-corrected chi connectivity index (χ0v) is 12.2. The number of hydrogen-bond donors (Lipinski definition) is 2. The first-order valence-electron chi connectivity index (χ1n) is 7.06. The Hall–Kier alpha value is -2.40. The van der Waals surface area contributed by atoms with E-state index in [9.17, 15) is 9.18 Å². The Kier molecular flexibility index (Phi) is 5.49. The van der Waals surface area contributed by atoms with Gasteiger partial charge in [0.25, 0.3) is 0 Å². The summed E-state index contributed by atoms with van der Waals surface area (Å²) in [6.07, 6.45) is 0.228. The van der Waals surface area contributed by atoms with E-state index in [4.69, 9.17) is 10.8 Å². The quantitative estimate of drug-likeness (QED) is 0.824. The number of carbonyl (C=O) groups excluding carboxylic acids is 1.